The van der Waals surface area contributed by atoms with Gasteiger partial charge in [-0.15, -0.1) is 0 Å². The van der Waals surface area contributed by atoms with Gasteiger partial charge in [0.15, 0.2) is 0 Å². The lowest BCUT2D eigenvalue weighted by atomic mass is 9.97. The normalized spacial score (nSPS) is 18.5. The van der Waals surface area contributed by atoms with Crippen molar-refractivity contribution in [3.63, 3.8) is 0 Å². The molecule has 1 saturated heterocycles. The monoisotopic (exact) mass is 254 g/mol. The van der Waals surface area contributed by atoms with Crippen molar-refractivity contribution in [3.8, 4) is 0 Å². The minimum atomic E-state index is 0.312. The molecule has 2 rings (SSSR count). The second-order valence-electron chi connectivity index (χ2n) is 4.75. The number of anilines is 1. The Hall–Kier alpha value is -0.770. The van der Waals surface area contributed by atoms with Crippen molar-refractivity contribution in [1.82, 2.24) is 4.90 Å². The summed E-state index contributed by atoms with van der Waals surface area (Å²) in [6.07, 6.45) is 2.13. The Labute approximate surface area is 107 Å². The number of benzene rings is 1. The molecule has 17 heavy (non-hydrogen) atoms. The molecule has 0 saturated carbocycles. The van der Waals surface area contributed by atoms with Crippen LogP contribution >= 0.6 is 11.6 Å². The maximum absolute atomic E-state index is 9.09. The molecule has 3 N–H and O–H groups in total. The van der Waals surface area contributed by atoms with E-state index in [1.165, 1.54) is 0 Å². The quantitative estimate of drug-likeness (QED) is 0.813. The van der Waals surface area contributed by atoms with E-state index in [1.807, 2.05) is 18.2 Å². The van der Waals surface area contributed by atoms with Gasteiger partial charge in [-0.3, -0.25) is 4.90 Å². The largest absolute Gasteiger partial charge is 0.399 e. The zero-order valence-corrected chi connectivity index (χ0v) is 10.7. The van der Waals surface area contributed by atoms with Crippen molar-refractivity contribution in [3.05, 3.63) is 28.8 Å². The molecule has 0 aliphatic carbocycles. The number of hydrogen-bond acceptors (Lipinski definition) is 3. The number of rotatable bonds is 3. The fraction of sp³-hybridized carbons (Fsp3) is 0.538. The highest BCUT2D eigenvalue weighted by Gasteiger charge is 2.19. The van der Waals surface area contributed by atoms with Crippen LogP contribution in [0.4, 0.5) is 5.69 Å². The average molecular weight is 255 g/mol. The third-order valence-corrected chi connectivity index (χ3v) is 3.80. The summed E-state index contributed by atoms with van der Waals surface area (Å²) in [6.45, 7) is 3.21. The SMILES string of the molecule is Nc1ccc(Cl)c(CN2CCC(CO)CC2)c1. The van der Waals surface area contributed by atoms with Gasteiger partial charge in [0.25, 0.3) is 0 Å². The molecule has 1 heterocycles. The molecule has 0 radical (unpaired) electrons. The van der Waals surface area contributed by atoms with Gasteiger partial charge in [0.2, 0.25) is 0 Å². The summed E-state index contributed by atoms with van der Waals surface area (Å²) in [4.78, 5) is 2.37. The lowest BCUT2D eigenvalue weighted by Gasteiger charge is -2.31. The molecular weight excluding hydrogens is 236 g/mol. The third kappa shape index (κ3) is 3.35. The van der Waals surface area contributed by atoms with Crippen LogP contribution in [0.2, 0.25) is 5.02 Å². The summed E-state index contributed by atoms with van der Waals surface area (Å²) in [7, 11) is 0. The number of piperidine rings is 1. The maximum Gasteiger partial charge on any atom is 0.0460 e. The first-order valence-electron chi connectivity index (χ1n) is 6.06. The van der Waals surface area contributed by atoms with Crippen LogP contribution in [-0.2, 0) is 6.54 Å². The minimum Gasteiger partial charge on any atom is -0.399 e. The van der Waals surface area contributed by atoms with Crippen LogP contribution in [0.3, 0.4) is 0 Å². The molecule has 1 aliphatic heterocycles. The highest BCUT2D eigenvalue weighted by atomic mass is 35.5. The predicted molar refractivity (Wildman–Crippen MR) is 71.0 cm³/mol. The van der Waals surface area contributed by atoms with Gasteiger partial charge < -0.3 is 10.8 Å². The zero-order valence-electron chi connectivity index (χ0n) is 9.90. The van der Waals surface area contributed by atoms with Crippen LogP contribution in [-0.4, -0.2) is 29.7 Å². The minimum absolute atomic E-state index is 0.312. The molecule has 1 fully saturated rings. The van der Waals surface area contributed by atoms with E-state index in [4.69, 9.17) is 22.4 Å². The molecule has 4 heteroatoms. The van der Waals surface area contributed by atoms with Gasteiger partial charge in [-0.1, -0.05) is 11.6 Å². The van der Waals surface area contributed by atoms with Crippen LogP contribution < -0.4 is 5.73 Å². The van der Waals surface area contributed by atoms with Gasteiger partial charge in [0.05, 0.1) is 0 Å². The van der Waals surface area contributed by atoms with Crippen LogP contribution in [0.1, 0.15) is 18.4 Å². The van der Waals surface area contributed by atoms with Crippen LogP contribution in [0, 0.1) is 5.92 Å². The molecular formula is C13H19ClN2O. The predicted octanol–water partition coefficient (Wildman–Crippen LogP) is 2.13. The van der Waals surface area contributed by atoms with E-state index in [2.05, 4.69) is 4.90 Å². The molecule has 0 amide bonds. The molecule has 1 aromatic carbocycles. The summed E-state index contributed by atoms with van der Waals surface area (Å²) in [6, 6.07) is 5.62. The summed E-state index contributed by atoms with van der Waals surface area (Å²) in [5, 5.41) is 9.87. The molecule has 0 unspecified atom stereocenters. The van der Waals surface area contributed by atoms with Gasteiger partial charge in [0, 0.05) is 23.9 Å². The molecule has 3 nitrogen and oxygen atoms in total. The fourth-order valence-electron chi connectivity index (χ4n) is 2.28. The summed E-state index contributed by atoms with van der Waals surface area (Å²) >= 11 is 6.15. The molecule has 0 bridgehead atoms. The van der Waals surface area contributed by atoms with Gasteiger partial charge in [-0.05, 0) is 55.6 Å². The van der Waals surface area contributed by atoms with Gasteiger partial charge in [0.1, 0.15) is 0 Å². The van der Waals surface area contributed by atoms with Crippen molar-refractivity contribution in [2.75, 3.05) is 25.4 Å². The third-order valence-electron chi connectivity index (χ3n) is 3.43. The zero-order chi connectivity index (χ0) is 12.3. The second-order valence-corrected chi connectivity index (χ2v) is 5.16. The van der Waals surface area contributed by atoms with Crippen molar-refractivity contribution < 1.29 is 5.11 Å². The van der Waals surface area contributed by atoms with Gasteiger partial charge in [-0.2, -0.15) is 0 Å². The Bertz CT molecular complexity index is 376. The Balaban J connectivity index is 1.95. The summed E-state index contributed by atoms with van der Waals surface area (Å²) in [5.74, 6) is 0.475. The molecule has 1 aliphatic rings. The van der Waals surface area contributed by atoms with E-state index >= 15 is 0 Å². The first-order chi connectivity index (χ1) is 8.19. The number of aliphatic hydroxyl groups is 1. The maximum atomic E-state index is 9.09. The number of nitrogen functional groups attached to an aromatic ring is 1. The molecule has 0 atom stereocenters. The number of nitrogens with zero attached hydrogens (tertiary/aromatic N) is 1. The van der Waals surface area contributed by atoms with E-state index in [0.717, 1.165) is 48.7 Å². The van der Waals surface area contributed by atoms with Crippen LogP contribution in [0.25, 0.3) is 0 Å². The highest BCUT2D eigenvalue weighted by molar-refractivity contribution is 6.31. The molecule has 1 aromatic rings. The van der Waals surface area contributed by atoms with Crippen LogP contribution in [0.15, 0.2) is 18.2 Å². The highest BCUT2D eigenvalue weighted by Crippen LogP contribution is 2.23. The summed E-state index contributed by atoms with van der Waals surface area (Å²) in [5.41, 5.74) is 7.62. The molecule has 0 spiro atoms. The fourth-order valence-corrected chi connectivity index (χ4v) is 2.46. The van der Waals surface area contributed by atoms with E-state index < -0.39 is 0 Å². The van der Waals surface area contributed by atoms with E-state index in [1.54, 1.807) is 0 Å². The number of likely N-dealkylation sites (tertiary alicyclic amines) is 1. The lowest BCUT2D eigenvalue weighted by molar-refractivity contribution is 0.127. The Morgan fingerprint density at radius 2 is 2.06 bits per heavy atom. The lowest BCUT2D eigenvalue weighted by Crippen LogP contribution is -2.34. The Kier molecular flexibility index (Phi) is 4.26. The molecule has 0 aromatic heterocycles. The smallest absolute Gasteiger partial charge is 0.0460 e. The van der Waals surface area contributed by atoms with E-state index in [0.29, 0.717) is 12.5 Å². The summed E-state index contributed by atoms with van der Waals surface area (Å²) < 4.78 is 0. The van der Waals surface area contributed by atoms with Crippen molar-refractivity contribution >= 4 is 17.3 Å². The van der Waals surface area contributed by atoms with Crippen molar-refractivity contribution in [2.45, 2.75) is 19.4 Å². The number of halogens is 1. The number of hydrogen-bond donors (Lipinski definition) is 2. The first kappa shape index (κ1) is 12.7. The van der Waals surface area contributed by atoms with Crippen molar-refractivity contribution in [1.29, 1.82) is 0 Å². The van der Waals surface area contributed by atoms with Gasteiger partial charge in [-0.25, -0.2) is 0 Å². The van der Waals surface area contributed by atoms with Crippen LogP contribution in [0.5, 0.6) is 0 Å². The van der Waals surface area contributed by atoms with Crippen molar-refractivity contribution in [2.24, 2.45) is 5.92 Å². The number of nitrogens with two attached hydrogens (primary N) is 1. The number of aliphatic hydroxyl groups excluding tert-OH is 1. The first-order valence-corrected chi connectivity index (χ1v) is 6.44. The Morgan fingerprint density at radius 3 is 2.71 bits per heavy atom. The van der Waals surface area contributed by atoms with Gasteiger partial charge >= 0.3 is 0 Å². The van der Waals surface area contributed by atoms with E-state index in [-0.39, 0.29) is 0 Å². The van der Waals surface area contributed by atoms with E-state index in [9.17, 15) is 0 Å². The average Bonchev–Trinajstić information content (AvgIpc) is 2.35. The Morgan fingerprint density at radius 1 is 1.35 bits per heavy atom. The topological polar surface area (TPSA) is 49.5 Å². The standard InChI is InChI=1S/C13H19ClN2O/c14-13-2-1-12(15)7-11(13)8-16-5-3-10(9-17)4-6-16/h1-2,7,10,17H,3-6,8-9,15H2. The molecule has 94 valence electrons. The second kappa shape index (κ2) is 5.71.